The summed E-state index contributed by atoms with van der Waals surface area (Å²) in [6, 6.07) is 6.07. The molecule has 2 aromatic rings. The highest BCUT2D eigenvalue weighted by Crippen LogP contribution is 2.25. The van der Waals surface area contributed by atoms with Gasteiger partial charge in [-0.3, -0.25) is 4.79 Å². The lowest BCUT2D eigenvalue weighted by atomic mass is 10.2. The molecule has 0 saturated heterocycles. The number of halogens is 2. The number of benzene rings is 1. The van der Waals surface area contributed by atoms with Gasteiger partial charge in [-0.25, -0.2) is 9.37 Å². The minimum atomic E-state index is -0.751. The van der Waals surface area contributed by atoms with Crippen LogP contribution in [0.1, 0.15) is 10.4 Å². The zero-order valence-corrected chi connectivity index (χ0v) is 9.98. The predicted octanol–water partition coefficient (Wildman–Crippen LogP) is 2.62. The van der Waals surface area contributed by atoms with E-state index in [2.05, 4.69) is 10.3 Å². The third-order valence-corrected chi connectivity index (χ3v) is 2.40. The van der Waals surface area contributed by atoms with Crippen molar-refractivity contribution in [2.24, 2.45) is 0 Å². The number of rotatable bonds is 3. The largest absolute Gasteiger partial charge is 0.494 e. The zero-order valence-electron chi connectivity index (χ0n) is 9.98. The van der Waals surface area contributed by atoms with Gasteiger partial charge < -0.3 is 10.1 Å². The number of ether oxygens (including phenoxy) is 1. The van der Waals surface area contributed by atoms with Crippen LogP contribution >= 0.6 is 0 Å². The molecule has 1 aromatic carbocycles. The molecule has 98 valence electrons. The minimum absolute atomic E-state index is 0.110. The van der Waals surface area contributed by atoms with E-state index in [1.165, 1.54) is 31.5 Å². The van der Waals surface area contributed by atoms with E-state index in [-0.39, 0.29) is 11.3 Å². The van der Waals surface area contributed by atoms with Gasteiger partial charge >= 0.3 is 0 Å². The molecule has 0 saturated carbocycles. The molecule has 0 fully saturated rings. The standard InChI is InChI=1S/C13H10F2N2O2/c1-19-11-7-9(14)2-3-10(11)17-13(18)8-4-5-16-12(15)6-8/h2-7H,1H3,(H,17,18). The Morgan fingerprint density at radius 3 is 2.74 bits per heavy atom. The molecule has 1 N–H and O–H groups in total. The molecule has 1 aromatic heterocycles. The third-order valence-electron chi connectivity index (χ3n) is 2.40. The SMILES string of the molecule is COc1cc(F)ccc1NC(=O)c1ccnc(F)c1. The summed E-state index contributed by atoms with van der Waals surface area (Å²) in [7, 11) is 1.36. The van der Waals surface area contributed by atoms with Crippen molar-refractivity contribution in [3.05, 3.63) is 53.9 Å². The first-order chi connectivity index (χ1) is 9.10. The maximum absolute atomic E-state index is 13.0. The van der Waals surface area contributed by atoms with Crippen LogP contribution in [0.4, 0.5) is 14.5 Å². The average molecular weight is 264 g/mol. The van der Waals surface area contributed by atoms with E-state index in [0.29, 0.717) is 5.69 Å². The van der Waals surface area contributed by atoms with Crippen molar-refractivity contribution in [1.82, 2.24) is 4.98 Å². The van der Waals surface area contributed by atoms with E-state index in [0.717, 1.165) is 12.1 Å². The van der Waals surface area contributed by atoms with E-state index in [9.17, 15) is 13.6 Å². The van der Waals surface area contributed by atoms with Gasteiger partial charge in [-0.1, -0.05) is 0 Å². The van der Waals surface area contributed by atoms with Crippen LogP contribution in [0.3, 0.4) is 0 Å². The summed E-state index contributed by atoms with van der Waals surface area (Å²) in [5.41, 5.74) is 0.407. The molecule has 0 unspecified atom stereocenters. The van der Waals surface area contributed by atoms with Gasteiger partial charge in [0.15, 0.2) is 0 Å². The number of carbonyl (C=O) groups excluding carboxylic acids is 1. The molecule has 0 aliphatic heterocycles. The van der Waals surface area contributed by atoms with Crippen LogP contribution in [-0.4, -0.2) is 18.0 Å². The predicted molar refractivity (Wildman–Crippen MR) is 65.1 cm³/mol. The molecule has 19 heavy (non-hydrogen) atoms. The molecule has 0 aliphatic rings. The van der Waals surface area contributed by atoms with Gasteiger partial charge in [0.05, 0.1) is 12.8 Å². The van der Waals surface area contributed by atoms with Gasteiger partial charge in [-0.05, 0) is 18.2 Å². The lowest BCUT2D eigenvalue weighted by Gasteiger charge is -2.10. The number of methoxy groups -OCH3 is 1. The highest BCUT2D eigenvalue weighted by atomic mass is 19.1. The Hall–Kier alpha value is -2.50. The Kier molecular flexibility index (Phi) is 3.70. The fourth-order valence-corrected chi connectivity index (χ4v) is 1.51. The molecule has 0 spiro atoms. The number of carbonyl (C=O) groups is 1. The highest BCUT2D eigenvalue weighted by Gasteiger charge is 2.11. The molecule has 1 amide bonds. The molecule has 1 heterocycles. The van der Waals surface area contributed by atoms with Gasteiger partial charge in [-0.15, -0.1) is 0 Å². The number of nitrogens with zero attached hydrogens (tertiary/aromatic N) is 1. The van der Waals surface area contributed by atoms with Crippen molar-refractivity contribution in [1.29, 1.82) is 0 Å². The van der Waals surface area contributed by atoms with Gasteiger partial charge in [-0.2, -0.15) is 4.39 Å². The fraction of sp³-hybridized carbons (Fsp3) is 0.0769. The first-order valence-electron chi connectivity index (χ1n) is 5.36. The molecule has 0 bridgehead atoms. The maximum atomic E-state index is 13.0. The van der Waals surface area contributed by atoms with Crippen LogP contribution in [0.5, 0.6) is 5.75 Å². The summed E-state index contributed by atoms with van der Waals surface area (Å²) in [5.74, 6) is -1.59. The maximum Gasteiger partial charge on any atom is 0.255 e. The Morgan fingerprint density at radius 1 is 1.26 bits per heavy atom. The lowest BCUT2D eigenvalue weighted by Crippen LogP contribution is -2.13. The average Bonchev–Trinajstić information content (AvgIpc) is 2.40. The van der Waals surface area contributed by atoms with Crippen LogP contribution in [0.2, 0.25) is 0 Å². The second kappa shape index (κ2) is 5.43. The number of anilines is 1. The molecule has 0 radical (unpaired) electrons. The molecule has 0 atom stereocenters. The fourth-order valence-electron chi connectivity index (χ4n) is 1.51. The van der Waals surface area contributed by atoms with Crippen molar-refractivity contribution >= 4 is 11.6 Å². The molecular weight excluding hydrogens is 254 g/mol. The summed E-state index contributed by atoms with van der Waals surface area (Å²) in [6.07, 6.45) is 1.19. The Labute approximate surface area is 108 Å². The first-order valence-corrected chi connectivity index (χ1v) is 5.36. The van der Waals surface area contributed by atoms with Gasteiger partial charge in [0.25, 0.3) is 5.91 Å². The molecule has 2 rings (SSSR count). The van der Waals surface area contributed by atoms with E-state index >= 15 is 0 Å². The van der Waals surface area contributed by atoms with Crippen LogP contribution in [-0.2, 0) is 0 Å². The van der Waals surface area contributed by atoms with Crippen LogP contribution in [0, 0.1) is 11.8 Å². The van der Waals surface area contributed by atoms with Gasteiger partial charge in [0.2, 0.25) is 5.95 Å². The Bertz CT molecular complexity index is 617. The van der Waals surface area contributed by atoms with Crippen molar-refractivity contribution in [2.75, 3.05) is 12.4 Å². The summed E-state index contributed by atoms with van der Waals surface area (Å²) in [6.45, 7) is 0. The van der Waals surface area contributed by atoms with E-state index in [4.69, 9.17) is 4.74 Å². The summed E-state index contributed by atoms with van der Waals surface area (Å²) < 4.78 is 30.8. The number of hydrogen-bond acceptors (Lipinski definition) is 3. The molecule has 0 aliphatic carbocycles. The molecule has 4 nitrogen and oxygen atoms in total. The monoisotopic (exact) mass is 264 g/mol. The Morgan fingerprint density at radius 2 is 2.05 bits per heavy atom. The topological polar surface area (TPSA) is 51.2 Å². The molecular formula is C13H10F2N2O2. The van der Waals surface area contributed by atoms with Gasteiger partial charge in [0, 0.05) is 23.9 Å². The lowest BCUT2D eigenvalue weighted by molar-refractivity contribution is 0.102. The number of amides is 1. The second-order valence-electron chi connectivity index (χ2n) is 3.67. The molecule has 6 heteroatoms. The Balaban J connectivity index is 2.24. The van der Waals surface area contributed by atoms with Crippen molar-refractivity contribution in [3.63, 3.8) is 0 Å². The quantitative estimate of drug-likeness (QED) is 0.867. The number of hydrogen-bond donors (Lipinski definition) is 1. The van der Waals surface area contributed by atoms with Crippen molar-refractivity contribution in [2.45, 2.75) is 0 Å². The number of nitrogens with one attached hydrogen (secondary N) is 1. The zero-order chi connectivity index (χ0) is 13.8. The highest BCUT2D eigenvalue weighted by molar-refractivity contribution is 6.04. The van der Waals surface area contributed by atoms with Crippen molar-refractivity contribution in [3.8, 4) is 5.75 Å². The van der Waals surface area contributed by atoms with Crippen LogP contribution < -0.4 is 10.1 Å². The van der Waals surface area contributed by atoms with Crippen molar-refractivity contribution < 1.29 is 18.3 Å². The summed E-state index contributed by atoms with van der Waals surface area (Å²) in [5, 5.41) is 2.51. The van der Waals surface area contributed by atoms with E-state index < -0.39 is 17.7 Å². The van der Waals surface area contributed by atoms with E-state index in [1.54, 1.807) is 0 Å². The van der Waals surface area contributed by atoms with Crippen LogP contribution in [0.15, 0.2) is 36.5 Å². The normalized spacial score (nSPS) is 10.1. The third kappa shape index (κ3) is 3.04. The number of pyridine rings is 1. The van der Waals surface area contributed by atoms with E-state index in [1.807, 2.05) is 0 Å². The van der Waals surface area contributed by atoms with Gasteiger partial charge in [0.1, 0.15) is 11.6 Å². The summed E-state index contributed by atoms with van der Waals surface area (Å²) >= 11 is 0. The minimum Gasteiger partial charge on any atom is -0.494 e. The smallest absolute Gasteiger partial charge is 0.255 e. The van der Waals surface area contributed by atoms with Crippen LogP contribution in [0.25, 0.3) is 0 Å². The summed E-state index contributed by atoms with van der Waals surface area (Å²) in [4.78, 5) is 15.2. The number of aromatic nitrogens is 1. The second-order valence-corrected chi connectivity index (χ2v) is 3.67. The first kappa shape index (κ1) is 12.9.